The SMILES string of the molecule is O=[N+]([O-])c1ccsc1NCCc1ncc(-c2cnc[nH]2)c(-c2ccc(Cl)cc2Cl)n1. The van der Waals surface area contributed by atoms with E-state index in [0.29, 0.717) is 39.5 Å². The molecule has 0 bridgehead atoms. The molecule has 152 valence electrons. The lowest BCUT2D eigenvalue weighted by atomic mass is 10.0. The van der Waals surface area contributed by atoms with E-state index in [1.165, 1.54) is 17.4 Å². The third kappa shape index (κ3) is 4.28. The number of rotatable bonds is 7. The number of imidazole rings is 1. The molecular formula is C19H14Cl2N6O2S. The molecule has 0 aliphatic heterocycles. The predicted molar refractivity (Wildman–Crippen MR) is 118 cm³/mol. The summed E-state index contributed by atoms with van der Waals surface area (Å²) in [6.07, 6.45) is 5.44. The maximum atomic E-state index is 11.0. The molecule has 0 amide bonds. The van der Waals surface area contributed by atoms with Gasteiger partial charge in [0.05, 0.1) is 33.9 Å². The van der Waals surface area contributed by atoms with Crippen LogP contribution in [0.3, 0.4) is 0 Å². The van der Waals surface area contributed by atoms with Gasteiger partial charge in [0.15, 0.2) is 5.00 Å². The lowest BCUT2D eigenvalue weighted by Crippen LogP contribution is -2.08. The first-order valence-electron chi connectivity index (χ1n) is 8.79. The molecule has 0 fully saturated rings. The van der Waals surface area contributed by atoms with Crippen LogP contribution in [0.15, 0.2) is 48.4 Å². The number of hydrogen-bond donors (Lipinski definition) is 2. The second-order valence-electron chi connectivity index (χ2n) is 6.21. The Labute approximate surface area is 185 Å². The van der Waals surface area contributed by atoms with Crippen molar-refractivity contribution in [2.24, 2.45) is 0 Å². The van der Waals surface area contributed by atoms with Crippen molar-refractivity contribution in [3.8, 4) is 22.5 Å². The highest BCUT2D eigenvalue weighted by Gasteiger charge is 2.17. The molecule has 0 unspecified atom stereocenters. The Morgan fingerprint density at radius 3 is 2.80 bits per heavy atom. The molecule has 0 aliphatic rings. The number of thiophene rings is 1. The molecule has 0 saturated heterocycles. The van der Waals surface area contributed by atoms with E-state index in [1.54, 1.807) is 36.2 Å². The first-order chi connectivity index (χ1) is 14.5. The smallest absolute Gasteiger partial charge is 0.303 e. The van der Waals surface area contributed by atoms with Gasteiger partial charge in [-0.05, 0) is 23.6 Å². The normalized spacial score (nSPS) is 10.9. The molecule has 4 aromatic rings. The lowest BCUT2D eigenvalue weighted by Gasteiger charge is -2.11. The minimum atomic E-state index is -0.408. The predicted octanol–water partition coefficient (Wildman–Crippen LogP) is 5.46. The van der Waals surface area contributed by atoms with E-state index < -0.39 is 4.92 Å². The molecule has 3 aromatic heterocycles. The standard InChI is InChI=1S/C19H14Cl2N6O2S/c20-11-1-2-12(14(21)7-11)18-13(15-9-22-10-25-15)8-24-17(26-18)3-5-23-19-16(27(28)29)4-6-30-19/h1-2,4,6-10,23H,3,5H2,(H,22,25). The van der Waals surface area contributed by atoms with Crippen LogP contribution in [-0.2, 0) is 6.42 Å². The number of halogens is 2. The van der Waals surface area contributed by atoms with E-state index in [1.807, 2.05) is 6.07 Å². The van der Waals surface area contributed by atoms with Gasteiger partial charge in [-0.2, -0.15) is 0 Å². The van der Waals surface area contributed by atoms with Crippen molar-refractivity contribution in [2.75, 3.05) is 11.9 Å². The number of nitro groups is 1. The number of benzene rings is 1. The number of hydrogen-bond acceptors (Lipinski definition) is 7. The van der Waals surface area contributed by atoms with Gasteiger partial charge in [-0.3, -0.25) is 10.1 Å². The molecule has 0 saturated carbocycles. The second kappa shape index (κ2) is 8.78. The Hall–Kier alpha value is -3.01. The number of anilines is 1. The maximum absolute atomic E-state index is 11.0. The molecule has 11 heteroatoms. The van der Waals surface area contributed by atoms with Gasteiger partial charge in [-0.25, -0.2) is 15.0 Å². The Bertz CT molecular complexity index is 1200. The summed E-state index contributed by atoms with van der Waals surface area (Å²) in [6, 6.07) is 6.69. The van der Waals surface area contributed by atoms with Gasteiger partial charge in [0, 0.05) is 41.4 Å². The fourth-order valence-electron chi connectivity index (χ4n) is 2.89. The zero-order valence-corrected chi connectivity index (χ0v) is 17.6. The van der Waals surface area contributed by atoms with Crippen LogP contribution in [0, 0.1) is 10.1 Å². The van der Waals surface area contributed by atoms with Crippen molar-refractivity contribution in [1.82, 2.24) is 19.9 Å². The van der Waals surface area contributed by atoms with Crippen LogP contribution in [0.4, 0.5) is 10.7 Å². The summed E-state index contributed by atoms with van der Waals surface area (Å²) in [5.41, 5.74) is 2.94. The fourth-order valence-corrected chi connectivity index (χ4v) is 4.17. The summed E-state index contributed by atoms with van der Waals surface area (Å²) >= 11 is 13.7. The largest absolute Gasteiger partial charge is 0.371 e. The van der Waals surface area contributed by atoms with Crippen LogP contribution < -0.4 is 5.32 Å². The van der Waals surface area contributed by atoms with Gasteiger partial charge < -0.3 is 10.3 Å². The van der Waals surface area contributed by atoms with E-state index in [0.717, 1.165) is 16.8 Å². The minimum Gasteiger partial charge on any atom is -0.371 e. The van der Waals surface area contributed by atoms with Gasteiger partial charge in [-0.15, -0.1) is 11.3 Å². The van der Waals surface area contributed by atoms with Crippen LogP contribution in [0.2, 0.25) is 10.0 Å². The lowest BCUT2D eigenvalue weighted by molar-refractivity contribution is -0.383. The summed E-state index contributed by atoms with van der Waals surface area (Å²) in [7, 11) is 0. The van der Waals surface area contributed by atoms with Crippen molar-refractivity contribution >= 4 is 45.2 Å². The van der Waals surface area contributed by atoms with E-state index in [4.69, 9.17) is 28.2 Å². The Balaban J connectivity index is 1.62. The minimum absolute atomic E-state index is 0.0594. The zero-order chi connectivity index (χ0) is 21.1. The second-order valence-corrected chi connectivity index (χ2v) is 7.97. The van der Waals surface area contributed by atoms with Crippen molar-refractivity contribution < 1.29 is 4.92 Å². The van der Waals surface area contributed by atoms with Crippen molar-refractivity contribution in [2.45, 2.75) is 6.42 Å². The number of H-pyrrole nitrogens is 1. The van der Waals surface area contributed by atoms with Crippen LogP contribution >= 0.6 is 34.5 Å². The first kappa shape index (κ1) is 20.3. The maximum Gasteiger partial charge on any atom is 0.303 e. The van der Waals surface area contributed by atoms with Gasteiger partial charge >= 0.3 is 5.69 Å². The summed E-state index contributed by atoms with van der Waals surface area (Å²) < 4.78 is 0. The van der Waals surface area contributed by atoms with Crippen molar-refractivity contribution in [1.29, 1.82) is 0 Å². The van der Waals surface area contributed by atoms with Gasteiger partial charge in [0.1, 0.15) is 5.82 Å². The molecule has 8 nitrogen and oxygen atoms in total. The van der Waals surface area contributed by atoms with Crippen LogP contribution in [-0.4, -0.2) is 31.4 Å². The molecular weight excluding hydrogens is 447 g/mol. The number of nitrogens with one attached hydrogen (secondary N) is 2. The molecule has 4 rings (SSSR count). The van der Waals surface area contributed by atoms with Crippen molar-refractivity contribution in [3.63, 3.8) is 0 Å². The van der Waals surface area contributed by atoms with Crippen LogP contribution in [0.5, 0.6) is 0 Å². The highest BCUT2D eigenvalue weighted by molar-refractivity contribution is 7.14. The number of aromatic nitrogens is 4. The summed E-state index contributed by atoms with van der Waals surface area (Å²) in [5.74, 6) is 0.575. The molecule has 0 radical (unpaired) electrons. The average molecular weight is 461 g/mol. The van der Waals surface area contributed by atoms with E-state index in [2.05, 4.69) is 20.3 Å². The Morgan fingerprint density at radius 1 is 1.20 bits per heavy atom. The summed E-state index contributed by atoms with van der Waals surface area (Å²) in [6.45, 7) is 0.443. The molecule has 0 aliphatic carbocycles. The Kier molecular flexibility index (Phi) is 5.93. The molecule has 0 atom stereocenters. The first-order valence-corrected chi connectivity index (χ1v) is 10.4. The highest BCUT2D eigenvalue weighted by Crippen LogP contribution is 2.35. The monoisotopic (exact) mass is 460 g/mol. The molecule has 30 heavy (non-hydrogen) atoms. The van der Waals surface area contributed by atoms with Gasteiger partial charge in [0.25, 0.3) is 0 Å². The topological polar surface area (TPSA) is 110 Å². The fraction of sp³-hybridized carbons (Fsp3) is 0.105. The quantitative estimate of drug-likeness (QED) is 0.279. The summed E-state index contributed by atoms with van der Waals surface area (Å²) in [5, 5.41) is 17.3. The summed E-state index contributed by atoms with van der Waals surface area (Å²) in [4.78, 5) is 26.9. The van der Waals surface area contributed by atoms with Gasteiger partial charge in [0.2, 0.25) is 0 Å². The molecule has 1 aromatic carbocycles. The third-order valence-corrected chi connectivity index (χ3v) is 5.70. The average Bonchev–Trinajstić information content (AvgIpc) is 3.40. The van der Waals surface area contributed by atoms with Crippen LogP contribution in [0.1, 0.15) is 5.82 Å². The van der Waals surface area contributed by atoms with E-state index >= 15 is 0 Å². The van der Waals surface area contributed by atoms with Gasteiger partial charge in [-0.1, -0.05) is 23.2 Å². The third-order valence-electron chi connectivity index (χ3n) is 4.29. The number of nitrogens with zero attached hydrogens (tertiary/aromatic N) is 4. The van der Waals surface area contributed by atoms with E-state index in [9.17, 15) is 10.1 Å². The molecule has 2 N–H and O–H groups in total. The molecule has 0 spiro atoms. The Morgan fingerprint density at radius 2 is 2.07 bits per heavy atom. The molecule has 3 heterocycles. The highest BCUT2D eigenvalue weighted by atomic mass is 35.5. The van der Waals surface area contributed by atoms with Crippen molar-refractivity contribution in [3.05, 3.63) is 74.4 Å². The van der Waals surface area contributed by atoms with E-state index in [-0.39, 0.29) is 5.69 Å². The number of aromatic amines is 1. The van der Waals surface area contributed by atoms with Crippen LogP contribution in [0.25, 0.3) is 22.5 Å². The zero-order valence-electron chi connectivity index (χ0n) is 15.3.